The third-order valence-corrected chi connectivity index (χ3v) is 10.0. The molecular weight excluding hydrogens is 709 g/mol. The molecule has 6 heteroatoms. The lowest BCUT2D eigenvalue weighted by Crippen LogP contribution is -2.30. The summed E-state index contributed by atoms with van der Waals surface area (Å²) < 4.78 is 16.6. The summed E-state index contributed by atoms with van der Waals surface area (Å²) in [6.07, 6.45) is 55.3. The molecule has 6 nitrogen and oxygen atoms in total. The Balaban J connectivity index is 4.08. The molecule has 0 bridgehead atoms. The molecule has 0 aromatic carbocycles. The van der Waals surface area contributed by atoms with Gasteiger partial charge in [-0.05, 0) is 64.2 Å². The molecule has 1 unspecified atom stereocenters. The Hall–Kier alpha value is -2.89. The van der Waals surface area contributed by atoms with Gasteiger partial charge < -0.3 is 14.2 Å². The lowest BCUT2D eigenvalue weighted by Gasteiger charge is -2.18. The topological polar surface area (TPSA) is 78.9 Å². The number of unbranched alkanes of at least 4 members (excludes halogenated alkanes) is 21. The van der Waals surface area contributed by atoms with Crippen LogP contribution in [0.4, 0.5) is 0 Å². The van der Waals surface area contributed by atoms with Crippen LogP contribution in [0.1, 0.15) is 226 Å². The lowest BCUT2D eigenvalue weighted by molar-refractivity contribution is -0.167. The van der Waals surface area contributed by atoms with Crippen LogP contribution in [0.25, 0.3) is 0 Å². The zero-order valence-corrected chi connectivity index (χ0v) is 37.3. The quantitative estimate of drug-likeness (QED) is 0.0265. The summed E-state index contributed by atoms with van der Waals surface area (Å²) in [7, 11) is 0. The fourth-order valence-electron chi connectivity index (χ4n) is 6.47. The van der Waals surface area contributed by atoms with Gasteiger partial charge in [-0.2, -0.15) is 0 Å². The van der Waals surface area contributed by atoms with Gasteiger partial charge in [0.1, 0.15) is 13.2 Å². The first-order chi connectivity index (χ1) is 28.0. The van der Waals surface area contributed by atoms with Gasteiger partial charge in [0.05, 0.1) is 0 Å². The number of ether oxygens (including phenoxy) is 3. The first-order valence-corrected chi connectivity index (χ1v) is 23.8. The zero-order valence-electron chi connectivity index (χ0n) is 37.3. The van der Waals surface area contributed by atoms with Gasteiger partial charge in [-0.25, -0.2) is 0 Å². The van der Waals surface area contributed by atoms with Gasteiger partial charge in [-0.1, -0.05) is 204 Å². The Morgan fingerprint density at radius 1 is 0.368 bits per heavy atom. The summed E-state index contributed by atoms with van der Waals surface area (Å²) in [5.74, 6) is -0.897. The average molecular weight is 797 g/mol. The van der Waals surface area contributed by atoms with E-state index in [4.69, 9.17) is 14.2 Å². The van der Waals surface area contributed by atoms with Crippen molar-refractivity contribution in [3.63, 3.8) is 0 Å². The van der Waals surface area contributed by atoms with Crippen molar-refractivity contribution in [3.8, 4) is 0 Å². The van der Waals surface area contributed by atoms with Crippen LogP contribution in [0, 0.1) is 0 Å². The summed E-state index contributed by atoms with van der Waals surface area (Å²) in [6, 6.07) is 0. The number of allylic oxidation sites excluding steroid dienone is 10. The Kier molecular flexibility index (Phi) is 43.5. The van der Waals surface area contributed by atoms with Gasteiger partial charge in [-0.3, -0.25) is 14.4 Å². The predicted molar refractivity (Wildman–Crippen MR) is 242 cm³/mol. The smallest absolute Gasteiger partial charge is 0.306 e. The maximum Gasteiger partial charge on any atom is 0.306 e. The molecule has 0 aliphatic carbocycles. The molecule has 0 aliphatic heterocycles. The minimum Gasteiger partial charge on any atom is -0.462 e. The number of esters is 3. The molecule has 0 radical (unpaired) electrons. The van der Waals surface area contributed by atoms with E-state index in [-0.39, 0.29) is 31.1 Å². The van der Waals surface area contributed by atoms with Crippen LogP contribution in [0.5, 0.6) is 0 Å². The Morgan fingerprint density at radius 3 is 1.07 bits per heavy atom. The van der Waals surface area contributed by atoms with Gasteiger partial charge in [-0.15, -0.1) is 0 Å². The molecule has 0 saturated heterocycles. The summed E-state index contributed by atoms with van der Waals surface area (Å²) in [5.41, 5.74) is 0. The third kappa shape index (κ3) is 44.1. The molecule has 0 amide bonds. The van der Waals surface area contributed by atoms with Crippen molar-refractivity contribution in [1.82, 2.24) is 0 Å². The van der Waals surface area contributed by atoms with Gasteiger partial charge in [0, 0.05) is 19.3 Å². The molecular formula is C51H88O6. The van der Waals surface area contributed by atoms with Crippen molar-refractivity contribution in [3.05, 3.63) is 60.8 Å². The maximum atomic E-state index is 12.6. The zero-order chi connectivity index (χ0) is 41.5. The van der Waals surface area contributed by atoms with Crippen LogP contribution in [0.3, 0.4) is 0 Å². The molecule has 57 heavy (non-hydrogen) atoms. The summed E-state index contributed by atoms with van der Waals surface area (Å²) in [6.45, 7) is 6.42. The van der Waals surface area contributed by atoms with Crippen molar-refractivity contribution >= 4 is 17.9 Å². The molecule has 0 aliphatic rings. The standard InChI is InChI=1S/C51H88O6/c1-4-7-10-13-16-18-19-20-21-22-23-24-25-26-27-28-29-30-31-32-33-34-36-38-41-44-50(53)56-47-48(46-55-49(52)43-40-37-15-12-9-6-3)57-51(54)45-42-39-35-17-14-11-8-5-2/h7,10,16,18,20-21,23-24,26-27,48H,4-6,8-9,11-15,17,19,22,25,28-47H2,1-3H3/b10-7-,18-16-,21-20-,24-23-,27-26-. The lowest BCUT2D eigenvalue weighted by atomic mass is 10.1. The highest BCUT2D eigenvalue weighted by Crippen LogP contribution is 2.14. The van der Waals surface area contributed by atoms with E-state index < -0.39 is 6.10 Å². The molecule has 1 atom stereocenters. The van der Waals surface area contributed by atoms with Crippen LogP contribution in [0.2, 0.25) is 0 Å². The Morgan fingerprint density at radius 2 is 0.684 bits per heavy atom. The molecule has 0 N–H and O–H groups in total. The van der Waals surface area contributed by atoms with E-state index in [1.165, 1.54) is 89.9 Å². The first kappa shape index (κ1) is 54.1. The molecule has 328 valence electrons. The van der Waals surface area contributed by atoms with Crippen LogP contribution >= 0.6 is 0 Å². The molecule has 0 aromatic rings. The van der Waals surface area contributed by atoms with E-state index in [9.17, 15) is 14.4 Å². The maximum absolute atomic E-state index is 12.6. The minimum absolute atomic E-state index is 0.0749. The predicted octanol–water partition coefficient (Wildman–Crippen LogP) is 15.3. The average Bonchev–Trinajstić information content (AvgIpc) is 3.21. The SMILES string of the molecule is CC/C=C\C/C=C\C/C=C\C/C=C\C/C=C\CCCCCCCCCCCC(=O)OCC(COC(=O)CCCCCCCC)OC(=O)CCCCCCCCCC. The van der Waals surface area contributed by atoms with Crippen LogP contribution in [0.15, 0.2) is 60.8 Å². The van der Waals surface area contributed by atoms with Gasteiger partial charge >= 0.3 is 17.9 Å². The van der Waals surface area contributed by atoms with E-state index in [0.29, 0.717) is 19.3 Å². The molecule has 0 rings (SSSR count). The number of rotatable bonds is 42. The number of hydrogen-bond donors (Lipinski definition) is 0. The second-order valence-corrected chi connectivity index (χ2v) is 15.6. The van der Waals surface area contributed by atoms with E-state index in [1.54, 1.807) is 0 Å². The second kappa shape index (κ2) is 45.8. The summed E-state index contributed by atoms with van der Waals surface area (Å²) in [4.78, 5) is 37.5. The van der Waals surface area contributed by atoms with Gasteiger partial charge in [0.25, 0.3) is 0 Å². The van der Waals surface area contributed by atoms with Crippen molar-refractivity contribution in [1.29, 1.82) is 0 Å². The van der Waals surface area contributed by atoms with Crippen LogP contribution in [-0.2, 0) is 28.6 Å². The highest BCUT2D eigenvalue weighted by Gasteiger charge is 2.19. The highest BCUT2D eigenvalue weighted by molar-refractivity contribution is 5.71. The van der Waals surface area contributed by atoms with Crippen molar-refractivity contribution < 1.29 is 28.6 Å². The number of carbonyl (C=O) groups is 3. The minimum atomic E-state index is -0.767. The number of carbonyl (C=O) groups excluding carboxylic acids is 3. The molecule has 0 fully saturated rings. The third-order valence-electron chi connectivity index (χ3n) is 10.0. The Bertz CT molecular complexity index is 1050. The van der Waals surface area contributed by atoms with Crippen LogP contribution in [-0.4, -0.2) is 37.2 Å². The second-order valence-electron chi connectivity index (χ2n) is 15.6. The molecule has 0 spiro atoms. The molecule has 0 aromatic heterocycles. The summed E-state index contributed by atoms with van der Waals surface area (Å²) in [5, 5.41) is 0. The van der Waals surface area contributed by atoms with Gasteiger partial charge in [0.2, 0.25) is 0 Å². The van der Waals surface area contributed by atoms with Crippen molar-refractivity contribution in [2.24, 2.45) is 0 Å². The van der Waals surface area contributed by atoms with Crippen molar-refractivity contribution in [2.75, 3.05) is 13.2 Å². The van der Waals surface area contributed by atoms with E-state index in [1.807, 2.05) is 0 Å². The van der Waals surface area contributed by atoms with Crippen LogP contribution < -0.4 is 0 Å². The normalized spacial score (nSPS) is 12.5. The fraction of sp³-hybridized carbons (Fsp3) is 0.745. The van der Waals surface area contributed by atoms with Gasteiger partial charge in [0.15, 0.2) is 6.10 Å². The Labute approximate surface area is 351 Å². The van der Waals surface area contributed by atoms with E-state index >= 15 is 0 Å². The largest absolute Gasteiger partial charge is 0.462 e. The molecule has 0 heterocycles. The highest BCUT2D eigenvalue weighted by atomic mass is 16.6. The first-order valence-electron chi connectivity index (χ1n) is 23.8. The van der Waals surface area contributed by atoms with Crippen molar-refractivity contribution in [2.45, 2.75) is 232 Å². The van der Waals surface area contributed by atoms with E-state index in [0.717, 1.165) is 96.3 Å². The molecule has 0 saturated carbocycles. The number of hydrogen-bond acceptors (Lipinski definition) is 6. The summed E-state index contributed by atoms with van der Waals surface area (Å²) >= 11 is 0. The monoisotopic (exact) mass is 797 g/mol. The van der Waals surface area contributed by atoms with E-state index in [2.05, 4.69) is 81.5 Å². The fourth-order valence-corrected chi connectivity index (χ4v) is 6.47.